The van der Waals surface area contributed by atoms with Gasteiger partial charge in [0.25, 0.3) is 0 Å². The Morgan fingerprint density at radius 1 is 0.750 bits per heavy atom. The number of thiophene rings is 2. The molecule has 0 amide bonds. The van der Waals surface area contributed by atoms with Crippen LogP contribution in [0.4, 0.5) is 0 Å². The van der Waals surface area contributed by atoms with Gasteiger partial charge in [-0.1, -0.05) is 90.9 Å². The number of halogens is 2. The first-order valence-corrected chi connectivity index (χ1v) is 15.7. The van der Waals surface area contributed by atoms with Crippen molar-refractivity contribution in [3.63, 3.8) is 0 Å². The summed E-state index contributed by atoms with van der Waals surface area (Å²) in [6, 6.07) is 4.26. The van der Waals surface area contributed by atoms with E-state index in [2.05, 4.69) is 57.8 Å². The number of rotatable bonds is 15. The number of fused-ring (bicyclic) bond motifs is 3. The summed E-state index contributed by atoms with van der Waals surface area (Å²) >= 11 is 10.8. The van der Waals surface area contributed by atoms with E-state index < -0.39 is 0 Å². The Bertz CT molecular complexity index is 917. The molecule has 0 aliphatic heterocycles. The van der Waals surface area contributed by atoms with Crippen LogP contribution in [0.25, 0.3) is 20.4 Å². The van der Waals surface area contributed by atoms with Gasteiger partial charge in [0.1, 0.15) is 0 Å². The van der Waals surface area contributed by atoms with Crippen LogP contribution in [0.5, 0.6) is 0 Å². The number of aromatic nitrogens is 1. The number of carbonyl (C=O) groups excluding carboxylic acids is 1. The Balaban J connectivity index is 1.74. The lowest BCUT2D eigenvalue weighted by molar-refractivity contribution is 0.0825. The van der Waals surface area contributed by atoms with Crippen LogP contribution < -0.4 is 0 Å². The molecular formula is C26H37Br2NOS2. The first-order valence-electron chi connectivity index (χ1n) is 12.5. The highest BCUT2D eigenvalue weighted by Gasteiger charge is 2.26. The Kier molecular flexibility index (Phi) is 11.3. The van der Waals surface area contributed by atoms with Gasteiger partial charge in [0.15, 0.2) is 0 Å². The highest BCUT2D eigenvalue weighted by Crippen LogP contribution is 2.43. The minimum Gasteiger partial charge on any atom is -0.278 e. The smallest absolute Gasteiger partial charge is 0.234 e. The number of hydrogen-bond acceptors (Lipinski definition) is 3. The highest BCUT2D eigenvalue weighted by atomic mass is 79.9. The molecule has 0 unspecified atom stereocenters. The molecule has 0 fully saturated rings. The molecule has 32 heavy (non-hydrogen) atoms. The molecule has 0 saturated heterocycles. The van der Waals surface area contributed by atoms with E-state index >= 15 is 0 Å². The molecule has 0 radical (unpaired) electrons. The molecule has 178 valence electrons. The second-order valence-corrected chi connectivity index (χ2v) is 13.9. The monoisotopic (exact) mass is 601 g/mol. The summed E-state index contributed by atoms with van der Waals surface area (Å²) < 4.78 is 6.69. The number of unbranched alkanes of at least 4 members (excludes halogenated alkanes) is 10. The zero-order valence-electron chi connectivity index (χ0n) is 19.6. The van der Waals surface area contributed by atoms with E-state index in [4.69, 9.17) is 0 Å². The lowest BCUT2D eigenvalue weighted by Gasteiger charge is -2.17. The highest BCUT2D eigenvalue weighted by molar-refractivity contribution is 9.11. The van der Waals surface area contributed by atoms with Gasteiger partial charge in [-0.2, -0.15) is 0 Å². The van der Waals surface area contributed by atoms with E-state index in [1.807, 2.05) is 4.57 Å². The van der Waals surface area contributed by atoms with Crippen LogP contribution in [0.2, 0.25) is 0 Å². The van der Waals surface area contributed by atoms with E-state index in [9.17, 15) is 4.79 Å². The molecule has 0 bridgehead atoms. The van der Waals surface area contributed by atoms with Crippen LogP contribution in [-0.2, 0) is 0 Å². The molecule has 0 aliphatic carbocycles. The number of nitrogens with zero attached hydrogens (tertiary/aromatic N) is 1. The summed E-state index contributed by atoms with van der Waals surface area (Å²) in [6.45, 7) is 4.53. The van der Waals surface area contributed by atoms with Crippen molar-refractivity contribution in [2.45, 2.75) is 104 Å². The number of hydrogen-bond donors (Lipinski definition) is 0. The normalized spacial score (nSPS) is 12.0. The van der Waals surface area contributed by atoms with Crippen molar-refractivity contribution in [1.29, 1.82) is 0 Å². The summed E-state index contributed by atoms with van der Waals surface area (Å²) in [4.78, 5) is 13.9. The maximum Gasteiger partial charge on any atom is 0.234 e. The van der Waals surface area contributed by atoms with Crippen LogP contribution >= 0.6 is 54.5 Å². The second-order valence-electron chi connectivity index (χ2n) is 9.01. The molecule has 3 aromatic rings. The zero-order valence-corrected chi connectivity index (χ0v) is 24.4. The van der Waals surface area contributed by atoms with E-state index in [0.717, 1.165) is 31.4 Å². The Morgan fingerprint density at radius 2 is 1.16 bits per heavy atom. The molecule has 3 rings (SSSR count). The fraction of sp³-hybridized carbons (Fsp3) is 0.654. The number of carbonyl (C=O) groups is 1. The van der Waals surface area contributed by atoms with Crippen molar-refractivity contribution in [2.75, 3.05) is 0 Å². The minimum absolute atomic E-state index is 0.128. The lowest BCUT2D eigenvalue weighted by Crippen LogP contribution is -2.21. The standard InChI is InChI=1S/C26H37Br2NOS2/c1-3-5-7-9-11-13-15-19(16-14-12-10-8-6-4-2)26(30)29-20-17-22(27)31-24(20)25-21(29)18-23(28)32-25/h17-19H,3-16H2,1-2H3. The summed E-state index contributed by atoms with van der Waals surface area (Å²) in [5, 5.41) is 0. The summed E-state index contributed by atoms with van der Waals surface area (Å²) in [7, 11) is 0. The fourth-order valence-corrected chi connectivity index (χ4v) is 7.94. The molecule has 6 heteroatoms. The van der Waals surface area contributed by atoms with E-state index in [1.54, 1.807) is 22.7 Å². The van der Waals surface area contributed by atoms with Gasteiger partial charge in [0.05, 0.1) is 28.0 Å². The fourth-order valence-electron chi connectivity index (χ4n) is 4.65. The Morgan fingerprint density at radius 3 is 1.59 bits per heavy atom. The van der Waals surface area contributed by atoms with Gasteiger partial charge in [-0.15, -0.1) is 22.7 Å². The lowest BCUT2D eigenvalue weighted by atomic mass is 9.93. The Hall–Kier alpha value is -0.170. The second kappa shape index (κ2) is 13.7. The van der Waals surface area contributed by atoms with Crippen LogP contribution in [0.15, 0.2) is 19.7 Å². The predicted molar refractivity (Wildman–Crippen MR) is 151 cm³/mol. The molecule has 0 N–H and O–H groups in total. The SMILES string of the molecule is CCCCCCCCC(CCCCCCCC)C(=O)n1c2cc(Br)sc2c2sc(Br)cc21. The predicted octanol–water partition coefficient (Wildman–Crippen LogP) is 11.2. The molecular weight excluding hydrogens is 566 g/mol. The zero-order chi connectivity index (χ0) is 22.9. The third kappa shape index (κ3) is 6.93. The van der Waals surface area contributed by atoms with Crippen LogP contribution in [0, 0.1) is 5.92 Å². The maximum atomic E-state index is 13.9. The van der Waals surface area contributed by atoms with E-state index in [0.29, 0.717) is 5.91 Å². The molecule has 3 aromatic heterocycles. The van der Waals surface area contributed by atoms with Crippen molar-refractivity contribution >= 4 is 80.9 Å². The molecule has 0 atom stereocenters. The summed E-state index contributed by atoms with van der Waals surface area (Å²) in [5.74, 6) is 0.436. The topological polar surface area (TPSA) is 22.0 Å². The van der Waals surface area contributed by atoms with Crippen molar-refractivity contribution in [2.24, 2.45) is 5.92 Å². The molecule has 0 saturated carbocycles. The van der Waals surface area contributed by atoms with Gasteiger partial charge in [0, 0.05) is 5.92 Å². The van der Waals surface area contributed by atoms with Crippen molar-refractivity contribution in [3.8, 4) is 0 Å². The Labute approximate surface area is 218 Å². The first-order chi connectivity index (χ1) is 15.6. The van der Waals surface area contributed by atoms with Crippen LogP contribution in [-0.4, -0.2) is 10.5 Å². The molecule has 0 spiro atoms. The average molecular weight is 604 g/mol. The third-order valence-corrected chi connectivity index (χ3v) is 9.85. The van der Waals surface area contributed by atoms with Crippen LogP contribution in [0.3, 0.4) is 0 Å². The maximum absolute atomic E-state index is 13.9. The van der Waals surface area contributed by atoms with Crippen molar-refractivity contribution in [3.05, 3.63) is 19.7 Å². The van der Waals surface area contributed by atoms with E-state index in [-0.39, 0.29) is 5.92 Å². The molecule has 2 nitrogen and oxygen atoms in total. The minimum atomic E-state index is 0.128. The van der Waals surface area contributed by atoms with Crippen molar-refractivity contribution in [1.82, 2.24) is 4.57 Å². The largest absolute Gasteiger partial charge is 0.278 e. The molecule has 0 aromatic carbocycles. The van der Waals surface area contributed by atoms with E-state index in [1.165, 1.54) is 86.4 Å². The van der Waals surface area contributed by atoms with Crippen LogP contribution in [0.1, 0.15) is 109 Å². The summed E-state index contributed by atoms with van der Waals surface area (Å²) in [6.07, 6.45) is 17.4. The summed E-state index contributed by atoms with van der Waals surface area (Å²) in [5.41, 5.74) is 2.16. The van der Waals surface area contributed by atoms with Gasteiger partial charge in [-0.3, -0.25) is 9.36 Å². The molecule has 3 heterocycles. The van der Waals surface area contributed by atoms with Crippen molar-refractivity contribution < 1.29 is 4.79 Å². The van der Waals surface area contributed by atoms with Gasteiger partial charge in [-0.25, -0.2) is 0 Å². The van der Waals surface area contributed by atoms with Gasteiger partial charge < -0.3 is 0 Å². The van der Waals surface area contributed by atoms with Gasteiger partial charge in [0.2, 0.25) is 5.91 Å². The quantitative estimate of drug-likeness (QED) is 0.158. The average Bonchev–Trinajstić information content (AvgIpc) is 3.40. The van der Waals surface area contributed by atoms with Gasteiger partial charge in [-0.05, 0) is 56.8 Å². The third-order valence-electron chi connectivity index (χ3n) is 6.43. The van der Waals surface area contributed by atoms with Gasteiger partial charge >= 0.3 is 0 Å². The molecule has 0 aliphatic rings. The first kappa shape index (κ1) is 26.4.